The van der Waals surface area contributed by atoms with Crippen LogP contribution in [0, 0.1) is 0 Å². The van der Waals surface area contributed by atoms with Gasteiger partial charge in [-0.2, -0.15) is 0 Å². The van der Waals surface area contributed by atoms with E-state index in [1.165, 1.54) is 17.3 Å². The van der Waals surface area contributed by atoms with Gasteiger partial charge in [0.15, 0.2) is 0 Å². The molecular weight excluding hydrogens is 428 g/mol. The summed E-state index contributed by atoms with van der Waals surface area (Å²) < 4.78 is 26.5. The van der Waals surface area contributed by atoms with Crippen molar-refractivity contribution in [3.63, 3.8) is 0 Å². The Bertz CT molecular complexity index is 1100. The van der Waals surface area contributed by atoms with E-state index in [1.54, 1.807) is 18.2 Å². The Morgan fingerprint density at radius 2 is 1.87 bits per heavy atom. The number of nitrogens with one attached hydrogen (secondary N) is 2. The lowest BCUT2D eigenvalue weighted by atomic mass is 10.1. The fourth-order valence-corrected chi connectivity index (χ4v) is 5.27. The van der Waals surface area contributed by atoms with Crippen molar-refractivity contribution in [3.8, 4) is 0 Å². The summed E-state index contributed by atoms with van der Waals surface area (Å²) in [5.41, 5.74) is 6.18. The van der Waals surface area contributed by atoms with E-state index in [2.05, 4.69) is 10.6 Å². The molecule has 12 heteroatoms. The topological polar surface area (TPSA) is 176 Å². The number of hydrogen-bond acceptors (Lipinski definition) is 6. The maximum absolute atomic E-state index is 12.8. The van der Waals surface area contributed by atoms with Crippen LogP contribution in [0.4, 0.5) is 0 Å². The van der Waals surface area contributed by atoms with Crippen molar-refractivity contribution in [3.05, 3.63) is 35.4 Å². The molecule has 0 aliphatic carbocycles. The number of fused-ring (bicyclic) bond motifs is 3. The number of nitrogens with zero attached hydrogens (tertiary/aromatic N) is 1. The molecule has 0 bridgehead atoms. The maximum Gasteiger partial charge on any atom is 0.303 e. The average molecular weight is 450 g/mol. The quantitative estimate of drug-likeness (QED) is 0.398. The standard InChI is InChI=1S/C19H22N4O7S/c1-10(18(27)22-13(17(20)26)6-7-15(24)25)21-19(28)12-8-9-23-16(12)11-4-2-3-5-14(11)31(23,29)30/h2-5,10,13H,6-9H2,1H3,(H2,20,26)(H,21,28)(H,22,27)(H,24,25)/t10-,13+/m0/s1. The molecule has 1 aromatic carbocycles. The molecule has 0 radical (unpaired) electrons. The van der Waals surface area contributed by atoms with Crippen molar-refractivity contribution < 1.29 is 32.7 Å². The summed E-state index contributed by atoms with van der Waals surface area (Å²) in [6, 6.07) is 4.11. The molecule has 2 atom stereocenters. The molecule has 5 N–H and O–H groups in total. The predicted molar refractivity (Wildman–Crippen MR) is 107 cm³/mol. The number of amides is 3. The second kappa shape index (κ2) is 8.38. The molecular formula is C19H22N4O7S. The van der Waals surface area contributed by atoms with Crippen molar-refractivity contribution in [1.82, 2.24) is 14.9 Å². The molecule has 0 spiro atoms. The van der Waals surface area contributed by atoms with Crippen LogP contribution in [-0.4, -0.2) is 60.1 Å². The fourth-order valence-electron chi connectivity index (χ4n) is 3.56. The Balaban J connectivity index is 1.74. The lowest BCUT2D eigenvalue weighted by Gasteiger charge is -2.19. The number of primary amides is 1. The molecule has 3 rings (SSSR count). The van der Waals surface area contributed by atoms with E-state index in [9.17, 15) is 27.6 Å². The normalized spacial score (nSPS) is 18.0. The van der Waals surface area contributed by atoms with Crippen molar-refractivity contribution in [2.45, 2.75) is 43.2 Å². The van der Waals surface area contributed by atoms with Crippen LogP contribution < -0.4 is 16.4 Å². The third-order valence-electron chi connectivity index (χ3n) is 5.13. The Kier molecular flexibility index (Phi) is 6.02. The Morgan fingerprint density at radius 1 is 1.19 bits per heavy atom. The van der Waals surface area contributed by atoms with E-state index in [1.807, 2.05) is 0 Å². The average Bonchev–Trinajstić information content (AvgIpc) is 3.24. The number of nitrogens with two attached hydrogens (primary N) is 1. The molecule has 31 heavy (non-hydrogen) atoms. The molecule has 1 aromatic rings. The molecule has 0 saturated heterocycles. The molecule has 0 aromatic heterocycles. The van der Waals surface area contributed by atoms with Gasteiger partial charge in [0, 0.05) is 24.1 Å². The van der Waals surface area contributed by atoms with Gasteiger partial charge in [-0.1, -0.05) is 18.2 Å². The number of carboxylic acid groups (broad SMARTS) is 1. The summed E-state index contributed by atoms with van der Waals surface area (Å²) in [5.74, 6) is -3.36. The number of aliphatic carboxylic acids is 1. The van der Waals surface area contributed by atoms with Gasteiger partial charge >= 0.3 is 5.97 Å². The van der Waals surface area contributed by atoms with Crippen LogP contribution in [0.5, 0.6) is 0 Å². The van der Waals surface area contributed by atoms with E-state index in [-0.39, 0.29) is 36.3 Å². The zero-order valence-electron chi connectivity index (χ0n) is 16.6. The van der Waals surface area contributed by atoms with Gasteiger partial charge in [0.2, 0.25) is 17.7 Å². The minimum atomic E-state index is -3.72. The molecule has 166 valence electrons. The largest absolute Gasteiger partial charge is 0.481 e. The number of rotatable bonds is 8. The highest BCUT2D eigenvalue weighted by Crippen LogP contribution is 2.44. The summed E-state index contributed by atoms with van der Waals surface area (Å²) in [7, 11) is -3.72. The highest BCUT2D eigenvalue weighted by molar-refractivity contribution is 7.90. The van der Waals surface area contributed by atoms with E-state index < -0.39 is 45.8 Å². The summed E-state index contributed by atoms with van der Waals surface area (Å²) >= 11 is 0. The van der Waals surface area contributed by atoms with E-state index >= 15 is 0 Å². The summed E-state index contributed by atoms with van der Waals surface area (Å²) in [5, 5.41) is 13.6. The van der Waals surface area contributed by atoms with Crippen molar-refractivity contribution in [2.24, 2.45) is 5.73 Å². The number of carboxylic acids is 1. The van der Waals surface area contributed by atoms with Crippen molar-refractivity contribution in [1.29, 1.82) is 0 Å². The van der Waals surface area contributed by atoms with Crippen LogP contribution in [0.25, 0.3) is 5.70 Å². The molecule has 2 heterocycles. The molecule has 11 nitrogen and oxygen atoms in total. The summed E-state index contributed by atoms with van der Waals surface area (Å²) in [6.45, 7) is 1.51. The SMILES string of the molecule is C[C@H](NC(=O)C1=C2c3ccccc3S(=O)(=O)N2CC1)C(=O)N[C@H](CCC(=O)O)C(N)=O. The highest BCUT2D eigenvalue weighted by Gasteiger charge is 2.44. The first kappa shape index (κ1) is 22.3. The fraction of sp³-hybridized carbons (Fsp3) is 0.368. The van der Waals surface area contributed by atoms with Gasteiger partial charge in [-0.25, -0.2) is 8.42 Å². The minimum absolute atomic E-state index is 0.120. The first-order valence-corrected chi connectivity index (χ1v) is 11.0. The van der Waals surface area contributed by atoms with Crippen LogP contribution in [-0.2, 0) is 29.2 Å². The Labute approximate surface area is 178 Å². The van der Waals surface area contributed by atoms with Gasteiger partial charge in [0.25, 0.3) is 10.0 Å². The maximum atomic E-state index is 12.8. The van der Waals surface area contributed by atoms with Gasteiger partial charge in [0.05, 0.1) is 10.6 Å². The van der Waals surface area contributed by atoms with Gasteiger partial charge in [0.1, 0.15) is 12.1 Å². The molecule has 2 aliphatic rings. The number of carbonyl (C=O) groups excluding carboxylic acids is 3. The molecule has 2 aliphatic heterocycles. The number of carbonyl (C=O) groups is 4. The summed E-state index contributed by atoms with van der Waals surface area (Å²) in [4.78, 5) is 47.5. The number of sulfonamides is 1. The zero-order valence-corrected chi connectivity index (χ0v) is 17.4. The van der Waals surface area contributed by atoms with Gasteiger partial charge in [-0.05, 0) is 25.8 Å². The van der Waals surface area contributed by atoms with E-state index in [0.29, 0.717) is 11.3 Å². The molecule has 0 unspecified atom stereocenters. The second-order valence-electron chi connectivity index (χ2n) is 7.24. The van der Waals surface area contributed by atoms with Gasteiger partial charge < -0.3 is 21.5 Å². The van der Waals surface area contributed by atoms with Crippen molar-refractivity contribution in [2.75, 3.05) is 6.54 Å². The zero-order chi connectivity index (χ0) is 22.9. The third kappa shape index (κ3) is 4.24. The van der Waals surface area contributed by atoms with Crippen LogP contribution in [0.15, 0.2) is 34.7 Å². The third-order valence-corrected chi connectivity index (χ3v) is 6.99. The van der Waals surface area contributed by atoms with Crippen molar-refractivity contribution >= 4 is 39.4 Å². The first-order valence-electron chi connectivity index (χ1n) is 9.51. The first-order chi connectivity index (χ1) is 14.5. The monoisotopic (exact) mass is 450 g/mol. The smallest absolute Gasteiger partial charge is 0.303 e. The molecule has 0 saturated carbocycles. The Hall–Kier alpha value is -3.41. The molecule has 0 fully saturated rings. The van der Waals surface area contributed by atoms with Crippen LogP contribution in [0.2, 0.25) is 0 Å². The summed E-state index contributed by atoms with van der Waals surface area (Å²) in [6.07, 6.45) is -0.365. The highest BCUT2D eigenvalue weighted by atomic mass is 32.2. The predicted octanol–water partition coefficient (Wildman–Crippen LogP) is -0.855. The van der Waals surface area contributed by atoms with Gasteiger partial charge in [-0.3, -0.25) is 23.5 Å². The van der Waals surface area contributed by atoms with Gasteiger partial charge in [-0.15, -0.1) is 0 Å². The lowest BCUT2D eigenvalue weighted by molar-refractivity contribution is -0.137. The number of hydrogen-bond donors (Lipinski definition) is 4. The minimum Gasteiger partial charge on any atom is -0.481 e. The van der Waals surface area contributed by atoms with Crippen LogP contribution >= 0.6 is 0 Å². The second-order valence-corrected chi connectivity index (χ2v) is 9.07. The molecule has 3 amide bonds. The van der Waals surface area contributed by atoms with Crippen LogP contribution in [0.1, 0.15) is 31.7 Å². The Morgan fingerprint density at radius 3 is 2.52 bits per heavy atom. The van der Waals surface area contributed by atoms with E-state index in [0.717, 1.165) is 0 Å². The van der Waals surface area contributed by atoms with E-state index in [4.69, 9.17) is 10.8 Å². The van der Waals surface area contributed by atoms with Crippen LogP contribution in [0.3, 0.4) is 0 Å². The number of benzene rings is 1. The lowest BCUT2D eigenvalue weighted by Crippen LogP contribution is -2.52.